The van der Waals surface area contributed by atoms with E-state index in [0.29, 0.717) is 22.2 Å². The third-order valence-electron chi connectivity index (χ3n) is 2.41. The summed E-state index contributed by atoms with van der Waals surface area (Å²) in [4.78, 5) is 15.8. The molecule has 0 aliphatic carbocycles. The number of carbonyl (C=O) groups is 1. The molecule has 0 atom stereocenters. The fraction of sp³-hybridized carbons (Fsp3) is 0.0714. The zero-order valence-electron chi connectivity index (χ0n) is 10.3. The predicted molar refractivity (Wildman–Crippen MR) is 74.8 cm³/mol. The second-order valence-corrected chi connectivity index (χ2v) is 4.18. The maximum Gasteiger partial charge on any atom is 0.257 e. The number of aromatic nitrogens is 1. The molecule has 20 heavy (non-hydrogen) atoms. The first-order valence-corrected chi connectivity index (χ1v) is 6.09. The number of nitrogens with zero attached hydrogens (tertiary/aromatic N) is 2. The van der Waals surface area contributed by atoms with Gasteiger partial charge in [-0.1, -0.05) is 11.6 Å². The molecule has 5 nitrogen and oxygen atoms in total. The number of anilines is 1. The summed E-state index contributed by atoms with van der Waals surface area (Å²) in [6.07, 6.45) is 1.40. The van der Waals surface area contributed by atoms with Crippen LogP contribution in [0.2, 0.25) is 5.15 Å². The first kappa shape index (κ1) is 13.8. The molecule has 1 amide bonds. The minimum atomic E-state index is -0.278. The monoisotopic (exact) mass is 287 g/mol. The molecule has 6 heteroatoms. The molecule has 0 aliphatic heterocycles. The van der Waals surface area contributed by atoms with E-state index in [9.17, 15) is 4.79 Å². The van der Waals surface area contributed by atoms with Crippen LogP contribution in [0.3, 0.4) is 0 Å². The summed E-state index contributed by atoms with van der Waals surface area (Å²) < 4.78 is 5.11. The van der Waals surface area contributed by atoms with Crippen molar-refractivity contribution in [1.82, 2.24) is 4.98 Å². The minimum absolute atomic E-state index is 0.0118. The molecule has 0 fully saturated rings. The Kier molecular flexibility index (Phi) is 4.53. The van der Waals surface area contributed by atoms with E-state index in [-0.39, 0.29) is 12.5 Å². The van der Waals surface area contributed by atoms with Crippen LogP contribution in [0, 0.1) is 11.3 Å². The van der Waals surface area contributed by atoms with E-state index >= 15 is 0 Å². The van der Waals surface area contributed by atoms with Crippen molar-refractivity contribution in [3.63, 3.8) is 0 Å². The molecular weight excluding hydrogens is 278 g/mol. The second kappa shape index (κ2) is 6.55. The van der Waals surface area contributed by atoms with Crippen molar-refractivity contribution in [2.45, 2.75) is 0 Å². The molecule has 0 unspecified atom stereocenters. The van der Waals surface area contributed by atoms with Crippen molar-refractivity contribution >= 4 is 23.2 Å². The highest BCUT2D eigenvalue weighted by Gasteiger charge is 2.06. The topological polar surface area (TPSA) is 75.0 Å². The van der Waals surface area contributed by atoms with Crippen molar-refractivity contribution in [3.05, 3.63) is 53.3 Å². The third kappa shape index (κ3) is 3.70. The number of nitrogens with one attached hydrogen (secondary N) is 1. The standard InChI is InChI=1S/C14H10ClN3O2/c15-13-6-1-10(9-17-13)14(19)18-11-2-4-12(5-3-11)20-8-7-16/h1-6,9H,8H2,(H,18,19). The van der Waals surface area contributed by atoms with E-state index in [1.807, 2.05) is 6.07 Å². The fourth-order valence-corrected chi connectivity index (χ4v) is 1.58. The van der Waals surface area contributed by atoms with Crippen LogP contribution in [0.1, 0.15) is 10.4 Å². The number of nitriles is 1. The Hall–Kier alpha value is -2.58. The first-order valence-electron chi connectivity index (χ1n) is 5.72. The SMILES string of the molecule is N#CCOc1ccc(NC(=O)c2ccc(Cl)nc2)cc1. The lowest BCUT2D eigenvalue weighted by molar-refractivity contribution is 0.102. The Balaban J connectivity index is 2.01. The lowest BCUT2D eigenvalue weighted by Gasteiger charge is -2.06. The minimum Gasteiger partial charge on any atom is -0.479 e. The number of carbonyl (C=O) groups excluding carboxylic acids is 1. The van der Waals surface area contributed by atoms with Crippen LogP contribution in [-0.4, -0.2) is 17.5 Å². The van der Waals surface area contributed by atoms with Gasteiger partial charge < -0.3 is 10.1 Å². The first-order chi connectivity index (χ1) is 9.69. The summed E-state index contributed by atoms with van der Waals surface area (Å²) in [6, 6.07) is 11.7. The van der Waals surface area contributed by atoms with Crippen LogP contribution < -0.4 is 10.1 Å². The van der Waals surface area contributed by atoms with E-state index in [2.05, 4.69) is 10.3 Å². The fourth-order valence-electron chi connectivity index (χ4n) is 1.46. The molecule has 100 valence electrons. The Morgan fingerprint density at radius 3 is 2.65 bits per heavy atom. The third-order valence-corrected chi connectivity index (χ3v) is 2.63. The number of rotatable bonds is 4. The number of benzene rings is 1. The van der Waals surface area contributed by atoms with E-state index in [1.54, 1.807) is 36.4 Å². The van der Waals surface area contributed by atoms with E-state index in [1.165, 1.54) is 6.20 Å². The highest BCUT2D eigenvalue weighted by Crippen LogP contribution is 2.16. The van der Waals surface area contributed by atoms with Gasteiger partial charge in [0.25, 0.3) is 5.91 Å². The lowest BCUT2D eigenvalue weighted by Crippen LogP contribution is -2.12. The Bertz CT molecular complexity index is 633. The molecule has 0 radical (unpaired) electrons. The number of hydrogen-bond donors (Lipinski definition) is 1. The van der Waals surface area contributed by atoms with Gasteiger partial charge in [-0.15, -0.1) is 0 Å². The Morgan fingerprint density at radius 1 is 1.30 bits per heavy atom. The van der Waals surface area contributed by atoms with Crippen LogP contribution in [0.5, 0.6) is 5.75 Å². The quantitative estimate of drug-likeness (QED) is 0.877. The van der Waals surface area contributed by atoms with Crippen LogP contribution in [0.25, 0.3) is 0 Å². The summed E-state index contributed by atoms with van der Waals surface area (Å²) in [5.41, 5.74) is 1.04. The summed E-state index contributed by atoms with van der Waals surface area (Å²) >= 11 is 5.66. The van der Waals surface area contributed by atoms with Gasteiger partial charge in [0.2, 0.25) is 0 Å². The normalized spacial score (nSPS) is 9.60. The summed E-state index contributed by atoms with van der Waals surface area (Å²) in [7, 11) is 0. The van der Waals surface area contributed by atoms with Crippen molar-refractivity contribution in [1.29, 1.82) is 5.26 Å². The van der Waals surface area contributed by atoms with Crippen molar-refractivity contribution < 1.29 is 9.53 Å². The predicted octanol–water partition coefficient (Wildman–Crippen LogP) is 2.89. The van der Waals surface area contributed by atoms with Gasteiger partial charge in [0.1, 0.15) is 17.0 Å². The van der Waals surface area contributed by atoms with E-state index in [0.717, 1.165) is 0 Å². The molecule has 0 bridgehead atoms. The average Bonchev–Trinajstić information content (AvgIpc) is 2.47. The second-order valence-electron chi connectivity index (χ2n) is 3.79. The van der Waals surface area contributed by atoms with Crippen LogP contribution in [-0.2, 0) is 0 Å². The van der Waals surface area contributed by atoms with Crippen molar-refractivity contribution in [2.24, 2.45) is 0 Å². The van der Waals surface area contributed by atoms with Gasteiger partial charge in [-0.3, -0.25) is 4.79 Å². The zero-order chi connectivity index (χ0) is 14.4. The number of ether oxygens (including phenoxy) is 1. The molecule has 0 spiro atoms. The maximum atomic E-state index is 11.9. The van der Waals surface area contributed by atoms with Gasteiger partial charge in [-0.2, -0.15) is 5.26 Å². The molecule has 0 saturated heterocycles. The molecule has 1 aromatic heterocycles. The zero-order valence-corrected chi connectivity index (χ0v) is 11.1. The number of hydrogen-bond acceptors (Lipinski definition) is 4. The summed E-state index contributed by atoms with van der Waals surface area (Å²) in [5, 5.41) is 11.5. The van der Waals surface area contributed by atoms with Crippen molar-refractivity contribution in [3.8, 4) is 11.8 Å². The lowest BCUT2D eigenvalue weighted by atomic mass is 10.2. The smallest absolute Gasteiger partial charge is 0.257 e. The summed E-state index contributed by atoms with van der Waals surface area (Å²) in [5.74, 6) is 0.289. The molecule has 1 aromatic carbocycles. The average molecular weight is 288 g/mol. The van der Waals surface area contributed by atoms with Gasteiger partial charge in [0, 0.05) is 11.9 Å². The molecule has 0 aliphatic rings. The number of halogens is 1. The molecular formula is C14H10ClN3O2. The molecule has 1 N–H and O–H groups in total. The van der Waals surface area contributed by atoms with Crippen molar-refractivity contribution in [2.75, 3.05) is 11.9 Å². The molecule has 2 rings (SSSR count). The van der Waals surface area contributed by atoms with E-state index in [4.69, 9.17) is 21.6 Å². The maximum absolute atomic E-state index is 11.9. The van der Waals surface area contributed by atoms with Gasteiger partial charge in [0.15, 0.2) is 6.61 Å². The number of pyridine rings is 1. The van der Waals surface area contributed by atoms with Crippen LogP contribution in [0.4, 0.5) is 5.69 Å². The van der Waals surface area contributed by atoms with Gasteiger partial charge >= 0.3 is 0 Å². The van der Waals surface area contributed by atoms with Crippen LogP contribution in [0.15, 0.2) is 42.6 Å². The molecule has 0 saturated carbocycles. The van der Waals surface area contributed by atoms with Gasteiger partial charge in [0.05, 0.1) is 5.56 Å². The highest BCUT2D eigenvalue weighted by atomic mass is 35.5. The highest BCUT2D eigenvalue weighted by molar-refractivity contribution is 6.29. The van der Waals surface area contributed by atoms with E-state index < -0.39 is 0 Å². The summed E-state index contributed by atoms with van der Waals surface area (Å²) in [6.45, 7) is -0.0118. The van der Waals surface area contributed by atoms with Gasteiger partial charge in [-0.05, 0) is 36.4 Å². The molecule has 2 aromatic rings. The van der Waals surface area contributed by atoms with Crippen LogP contribution >= 0.6 is 11.6 Å². The number of amides is 1. The van der Waals surface area contributed by atoms with Gasteiger partial charge in [-0.25, -0.2) is 4.98 Å². The largest absolute Gasteiger partial charge is 0.479 e. The Morgan fingerprint density at radius 2 is 2.05 bits per heavy atom. The molecule has 1 heterocycles. The Labute approximate surface area is 120 Å².